The first-order valence-corrected chi connectivity index (χ1v) is 6.84. The number of rotatable bonds is 0. The highest BCUT2D eigenvalue weighted by atomic mass is 14.1. The molecule has 1 aliphatic rings. The summed E-state index contributed by atoms with van der Waals surface area (Å²) in [5, 5.41) is 0. The van der Waals surface area contributed by atoms with Crippen LogP contribution in [0.3, 0.4) is 0 Å². The van der Waals surface area contributed by atoms with E-state index in [1.165, 1.54) is 51.4 Å². The third kappa shape index (κ3) is 6.02. The summed E-state index contributed by atoms with van der Waals surface area (Å²) in [6, 6.07) is 0. The van der Waals surface area contributed by atoms with Crippen LogP contribution in [0.25, 0.3) is 0 Å². The average Bonchev–Trinajstić information content (AvgIpc) is 2.16. The van der Waals surface area contributed by atoms with Gasteiger partial charge in [0.1, 0.15) is 0 Å². The Bertz CT molecular complexity index is 190. The van der Waals surface area contributed by atoms with Crippen LogP contribution in [0.1, 0.15) is 72.1 Å². The van der Waals surface area contributed by atoms with Crippen LogP contribution in [0.15, 0.2) is 11.6 Å². The van der Waals surface area contributed by atoms with Crippen molar-refractivity contribution in [3.8, 4) is 0 Å². The SMILES string of the molecule is C/C1=C/CCC(C)CCCC(C)CCC1. The molecule has 2 atom stereocenters. The summed E-state index contributed by atoms with van der Waals surface area (Å²) in [4.78, 5) is 0. The lowest BCUT2D eigenvalue weighted by atomic mass is 9.91. The average molecular weight is 208 g/mol. The van der Waals surface area contributed by atoms with E-state index in [0.717, 1.165) is 11.8 Å². The Hall–Kier alpha value is -0.260. The van der Waals surface area contributed by atoms with Gasteiger partial charge in [-0.3, -0.25) is 0 Å². The number of hydrogen-bond donors (Lipinski definition) is 0. The topological polar surface area (TPSA) is 0 Å². The van der Waals surface area contributed by atoms with Crippen LogP contribution in [0.4, 0.5) is 0 Å². The van der Waals surface area contributed by atoms with Crippen molar-refractivity contribution in [1.82, 2.24) is 0 Å². The standard InChI is InChI=1S/C15H28/c1-13-7-4-9-14(2)11-6-12-15(3)10-5-8-13/h7,14-15H,4-6,8-12H2,1-3H3/b13-7-. The van der Waals surface area contributed by atoms with E-state index in [9.17, 15) is 0 Å². The second kappa shape index (κ2) is 7.09. The van der Waals surface area contributed by atoms with Gasteiger partial charge in [0.25, 0.3) is 0 Å². The van der Waals surface area contributed by atoms with E-state index >= 15 is 0 Å². The third-order valence-corrected chi connectivity index (χ3v) is 3.81. The molecule has 0 fully saturated rings. The van der Waals surface area contributed by atoms with Gasteiger partial charge in [-0.25, -0.2) is 0 Å². The molecule has 0 aromatic heterocycles. The van der Waals surface area contributed by atoms with E-state index in [0.29, 0.717) is 0 Å². The van der Waals surface area contributed by atoms with Crippen LogP contribution in [-0.4, -0.2) is 0 Å². The van der Waals surface area contributed by atoms with Gasteiger partial charge in [0.15, 0.2) is 0 Å². The van der Waals surface area contributed by atoms with E-state index < -0.39 is 0 Å². The molecule has 0 bridgehead atoms. The summed E-state index contributed by atoms with van der Waals surface area (Å²) in [6.07, 6.45) is 13.7. The molecule has 0 aromatic rings. The van der Waals surface area contributed by atoms with Crippen molar-refractivity contribution in [1.29, 1.82) is 0 Å². The second-order valence-corrected chi connectivity index (χ2v) is 5.66. The van der Waals surface area contributed by atoms with E-state index in [1.54, 1.807) is 5.57 Å². The van der Waals surface area contributed by atoms with Crippen molar-refractivity contribution in [2.75, 3.05) is 0 Å². The van der Waals surface area contributed by atoms with E-state index in [2.05, 4.69) is 26.8 Å². The predicted octanol–water partition coefficient (Wildman–Crippen LogP) is 5.34. The maximum Gasteiger partial charge on any atom is -0.0323 e. The van der Waals surface area contributed by atoms with Gasteiger partial charge in [0.2, 0.25) is 0 Å². The summed E-state index contributed by atoms with van der Waals surface area (Å²) in [7, 11) is 0. The van der Waals surface area contributed by atoms with E-state index in [4.69, 9.17) is 0 Å². The second-order valence-electron chi connectivity index (χ2n) is 5.66. The van der Waals surface area contributed by atoms with Gasteiger partial charge in [0, 0.05) is 0 Å². The molecular formula is C15H28. The van der Waals surface area contributed by atoms with Crippen LogP contribution in [0.2, 0.25) is 0 Å². The first kappa shape index (κ1) is 12.8. The van der Waals surface area contributed by atoms with Crippen LogP contribution in [0.5, 0.6) is 0 Å². The molecule has 0 heteroatoms. The molecule has 0 aromatic carbocycles. The molecule has 0 radical (unpaired) electrons. The summed E-state index contributed by atoms with van der Waals surface area (Å²) in [5.74, 6) is 1.88. The smallest absolute Gasteiger partial charge is 0.0323 e. The van der Waals surface area contributed by atoms with E-state index in [1.807, 2.05) is 0 Å². The molecule has 0 aliphatic heterocycles. The normalized spacial score (nSPS) is 34.7. The fraction of sp³-hybridized carbons (Fsp3) is 0.867. The maximum atomic E-state index is 2.47. The van der Waals surface area contributed by atoms with Gasteiger partial charge >= 0.3 is 0 Å². The molecular weight excluding hydrogens is 180 g/mol. The van der Waals surface area contributed by atoms with Crippen LogP contribution >= 0.6 is 0 Å². The van der Waals surface area contributed by atoms with Crippen molar-refractivity contribution in [2.45, 2.75) is 72.1 Å². The Morgan fingerprint density at radius 1 is 0.933 bits per heavy atom. The lowest BCUT2D eigenvalue weighted by molar-refractivity contribution is 0.403. The Balaban J connectivity index is 2.41. The molecule has 0 saturated heterocycles. The van der Waals surface area contributed by atoms with Gasteiger partial charge in [-0.1, -0.05) is 51.2 Å². The van der Waals surface area contributed by atoms with Crippen molar-refractivity contribution in [3.05, 3.63) is 11.6 Å². The summed E-state index contributed by atoms with van der Waals surface area (Å²) in [6.45, 7) is 7.15. The number of hydrogen-bond acceptors (Lipinski definition) is 0. The molecule has 0 saturated carbocycles. The molecule has 1 aliphatic carbocycles. The highest BCUT2D eigenvalue weighted by Gasteiger charge is 2.06. The highest BCUT2D eigenvalue weighted by Crippen LogP contribution is 2.22. The Morgan fingerprint density at radius 2 is 1.53 bits per heavy atom. The monoisotopic (exact) mass is 208 g/mol. The minimum Gasteiger partial charge on any atom is -0.0856 e. The largest absolute Gasteiger partial charge is 0.0856 e. The molecule has 88 valence electrons. The van der Waals surface area contributed by atoms with Gasteiger partial charge < -0.3 is 0 Å². The molecule has 1 rings (SSSR count). The first-order valence-electron chi connectivity index (χ1n) is 6.84. The van der Waals surface area contributed by atoms with Crippen LogP contribution in [-0.2, 0) is 0 Å². The molecule has 2 unspecified atom stereocenters. The molecule has 0 spiro atoms. The molecule has 15 heavy (non-hydrogen) atoms. The predicted molar refractivity (Wildman–Crippen MR) is 69.0 cm³/mol. The van der Waals surface area contributed by atoms with Gasteiger partial charge in [-0.05, 0) is 44.4 Å². The highest BCUT2D eigenvalue weighted by molar-refractivity contribution is 4.97. The Labute approximate surface area is 96.2 Å². The van der Waals surface area contributed by atoms with Crippen molar-refractivity contribution < 1.29 is 0 Å². The molecule has 0 nitrogen and oxygen atoms in total. The van der Waals surface area contributed by atoms with Gasteiger partial charge in [-0.15, -0.1) is 0 Å². The zero-order valence-corrected chi connectivity index (χ0v) is 10.9. The molecule has 0 amide bonds. The lowest BCUT2D eigenvalue weighted by Gasteiger charge is -2.15. The van der Waals surface area contributed by atoms with Crippen molar-refractivity contribution >= 4 is 0 Å². The quantitative estimate of drug-likeness (QED) is 0.471. The zero-order valence-electron chi connectivity index (χ0n) is 10.9. The Kier molecular flexibility index (Phi) is 6.05. The third-order valence-electron chi connectivity index (χ3n) is 3.81. The van der Waals surface area contributed by atoms with E-state index in [-0.39, 0.29) is 0 Å². The van der Waals surface area contributed by atoms with Crippen molar-refractivity contribution in [3.63, 3.8) is 0 Å². The zero-order chi connectivity index (χ0) is 11.1. The first-order chi connectivity index (χ1) is 7.18. The summed E-state index contributed by atoms with van der Waals surface area (Å²) in [5.41, 5.74) is 1.62. The van der Waals surface area contributed by atoms with Gasteiger partial charge in [0.05, 0.1) is 0 Å². The molecule has 0 N–H and O–H groups in total. The van der Waals surface area contributed by atoms with Crippen molar-refractivity contribution in [2.24, 2.45) is 11.8 Å². The summed E-state index contributed by atoms with van der Waals surface area (Å²) < 4.78 is 0. The van der Waals surface area contributed by atoms with Gasteiger partial charge in [-0.2, -0.15) is 0 Å². The maximum absolute atomic E-state index is 2.47. The van der Waals surface area contributed by atoms with Crippen LogP contribution in [0, 0.1) is 11.8 Å². The molecule has 0 heterocycles. The minimum absolute atomic E-state index is 0.931. The fourth-order valence-electron chi connectivity index (χ4n) is 2.55. The lowest BCUT2D eigenvalue weighted by Crippen LogP contribution is -2.00. The summed E-state index contributed by atoms with van der Waals surface area (Å²) >= 11 is 0. The minimum atomic E-state index is 0.931. The van der Waals surface area contributed by atoms with Crippen LogP contribution < -0.4 is 0 Å². The number of allylic oxidation sites excluding steroid dienone is 2. The fourth-order valence-corrected chi connectivity index (χ4v) is 2.55. The Morgan fingerprint density at radius 3 is 2.27 bits per heavy atom.